The fraction of sp³-hybridized carbons (Fsp3) is 0.778. The highest BCUT2D eigenvalue weighted by atomic mass is 19.4. The Kier molecular flexibility index (Phi) is 9.17. The summed E-state index contributed by atoms with van der Waals surface area (Å²) in [6, 6.07) is -1.38. The third kappa shape index (κ3) is 9.68. The monoisotopic (exact) mass is 381 g/mol. The van der Waals surface area contributed by atoms with Crippen LogP contribution in [0.15, 0.2) is 11.6 Å². The van der Waals surface area contributed by atoms with Crippen LogP contribution in [0.4, 0.5) is 18.0 Å². The fourth-order valence-electron chi connectivity index (χ4n) is 2.25. The van der Waals surface area contributed by atoms with Gasteiger partial charge in [-0.15, -0.1) is 0 Å². The van der Waals surface area contributed by atoms with Crippen LogP contribution in [-0.4, -0.2) is 36.5 Å². The van der Waals surface area contributed by atoms with Crippen LogP contribution in [0.3, 0.4) is 0 Å². The number of ether oxygens (including phenoxy) is 2. The van der Waals surface area contributed by atoms with Crippen molar-refractivity contribution in [2.75, 3.05) is 6.61 Å². The van der Waals surface area contributed by atoms with Gasteiger partial charge in [-0.05, 0) is 47.0 Å². The normalized spacial score (nSPS) is 15.4. The molecular formula is C18H30F3NO4. The molecule has 0 saturated heterocycles. The molecule has 1 amide bonds. The van der Waals surface area contributed by atoms with E-state index in [2.05, 4.69) is 5.32 Å². The van der Waals surface area contributed by atoms with Crippen molar-refractivity contribution in [3.8, 4) is 0 Å². The second-order valence-electron chi connectivity index (χ2n) is 7.48. The molecule has 0 saturated carbocycles. The highest BCUT2D eigenvalue weighted by molar-refractivity contribution is 5.75. The Morgan fingerprint density at radius 1 is 1.12 bits per heavy atom. The molecule has 0 aliphatic rings. The molecule has 0 bridgehead atoms. The maximum atomic E-state index is 13.5. The number of esters is 1. The molecule has 8 heteroatoms. The molecule has 1 N–H and O–H groups in total. The molecule has 0 aromatic rings. The quantitative estimate of drug-likeness (QED) is 0.516. The van der Waals surface area contributed by atoms with Crippen molar-refractivity contribution in [3.63, 3.8) is 0 Å². The minimum absolute atomic E-state index is 0.00994. The molecule has 0 fully saturated rings. The largest absolute Gasteiger partial charge is 0.466 e. The molecule has 0 aliphatic carbocycles. The highest BCUT2D eigenvalue weighted by Crippen LogP contribution is 2.31. The summed E-state index contributed by atoms with van der Waals surface area (Å²) < 4.78 is 50.4. The summed E-state index contributed by atoms with van der Waals surface area (Å²) in [5.74, 6) is -1.77. The molecule has 26 heavy (non-hydrogen) atoms. The van der Waals surface area contributed by atoms with Gasteiger partial charge >= 0.3 is 18.2 Å². The van der Waals surface area contributed by atoms with Crippen molar-refractivity contribution in [1.29, 1.82) is 0 Å². The number of alkyl carbamates (subject to hydrolysis) is 1. The van der Waals surface area contributed by atoms with Crippen LogP contribution in [0.5, 0.6) is 0 Å². The molecule has 2 atom stereocenters. The minimum atomic E-state index is -4.71. The van der Waals surface area contributed by atoms with Gasteiger partial charge in [-0.2, -0.15) is 13.2 Å². The van der Waals surface area contributed by atoms with Crippen LogP contribution >= 0.6 is 0 Å². The number of rotatable bonds is 7. The van der Waals surface area contributed by atoms with Gasteiger partial charge in [0.25, 0.3) is 0 Å². The average molecular weight is 381 g/mol. The second-order valence-corrected chi connectivity index (χ2v) is 7.48. The number of hydrogen-bond donors (Lipinski definition) is 1. The number of hydrogen-bond acceptors (Lipinski definition) is 4. The predicted molar refractivity (Wildman–Crippen MR) is 92.5 cm³/mol. The van der Waals surface area contributed by atoms with Crippen LogP contribution in [0.25, 0.3) is 0 Å². The first kappa shape index (κ1) is 24.3. The Morgan fingerprint density at radius 3 is 2.04 bits per heavy atom. The molecule has 0 spiro atoms. The lowest BCUT2D eigenvalue weighted by Crippen LogP contribution is -2.41. The van der Waals surface area contributed by atoms with Crippen molar-refractivity contribution < 1.29 is 32.2 Å². The lowest BCUT2D eigenvalue weighted by atomic mass is 9.93. The van der Waals surface area contributed by atoms with E-state index >= 15 is 0 Å². The average Bonchev–Trinajstić information content (AvgIpc) is 2.39. The Hall–Kier alpha value is -1.73. The van der Waals surface area contributed by atoms with E-state index in [9.17, 15) is 22.8 Å². The number of amides is 1. The molecule has 0 unspecified atom stereocenters. The van der Waals surface area contributed by atoms with Gasteiger partial charge in [0, 0.05) is 0 Å². The first-order valence-electron chi connectivity index (χ1n) is 8.62. The summed E-state index contributed by atoms with van der Waals surface area (Å²) in [6.45, 7) is 11.3. The number of nitrogens with one attached hydrogen (secondary N) is 1. The van der Waals surface area contributed by atoms with Gasteiger partial charge in [-0.3, -0.25) is 4.79 Å². The zero-order chi connectivity index (χ0) is 20.7. The van der Waals surface area contributed by atoms with Crippen molar-refractivity contribution in [3.05, 3.63) is 11.6 Å². The van der Waals surface area contributed by atoms with Gasteiger partial charge in [0.2, 0.25) is 0 Å². The Bertz CT molecular complexity index is 508. The third-order valence-electron chi connectivity index (χ3n) is 3.22. The number of alkyl halides is 3. The summed E-state index contributed by atoms with van der Waals surface area (Å²) in [4.78, 5) is 23.8. The van der Waals surface area contributed by atoms with Crippen molar-refractivity contribution in [2.24, 2.45) is 11.8 Å². The summed E-state index contributed by atoms with van der Waals surface area (Å²) in [5.41, 5.74) is -1.85. The van der Waals surface area contributed by atoms with Gasteiger partial charge in [0.15, 0.2) is 0 Å². The molecular weight excluding hydrogens is 351 g/mol. The molecule has 0 aromatic carbocycles. The maximum absolute atomic E-state index is 13.5. The highest BCUT2D eigenvalue weighted by Gasteiger charge is 2.39. The van der Waals surface area contributed by atoms with Gasteiger partial charge in [0.05, 0.1) is 24.1 Å². The van der Waals surface area contributed by atoms with Gasteiger partial charge < -0.3 is 14.8 Å². The van der Waals surface area contributed by atoms with Crippen LogP contribution in [0, 0.1) is 11.8 Å². The van der Waals surface area contributed by atoms with Crippen LogP contribution < -0.4 is 5.32 Å². The fourth-order valence-corrected chi connectivity index (χ4v) is 2.25. The second kappa shape index (κ2) is 9.83. The van der Waals surface area contributed by atoms with Crippen molar-refractivity contribution >= 4 is 12.1 Å². The molecule has 0 rings (SSSR count). The van der Waals surface area contributed by atoms with Crippen molar-refractivity contribution in [2.45, 2.75) is 72.7 Å². The molecule has 0 heterocycles. The number of carbonyl (C=O) groups is 2. The first-order chi connectivity index (χ1) is 11.7. The third-order valence-corrected chi connectivity index (χ3v) is 3.22. The summed E-state index contributed by atoms with van der Waals surface area (Å²) in [6.07, 6.45) is -4.62. The summed E-state index contributed by atoms with van der Waals surface area (Å²) in [5, 5.41) is 2.17. The molecule has 0 aliphatic heterocycles. The van der Waals surface area contributed by atoms with E-state index in [1.807, 2.05) is 0 Å². The SMILES string of the molecule is CCOC(=O)[C@@H](/C=C(\[C@H](C)NC(=O)OC(C)(C)C)C(F)(F)F)CC(C)C. The topological polar surface area (TPSA) is 64.6 Å². The molecule has 5 nitrogen and oxygen atoms in total. The standard InChI is InChI=1S/C18H30F3NO4/c1-8-25-15(23)13(9-11(2)3)10-14(18(19,20)21)12(4)22-16(24)26-17(5,6)7/h10-13H,8-9H2,1-7H3,(H,22,24)/b14-10+/t12-,13+/m0/s1. The van der Waals surface area contributed by atoms with Crippen LogP contribution in [0.2, 0.25) is 0 Å². The lowest BCUT2D eigenvalue weighted by molar-refractivity contribution is -0.146. The number of carbonyl (C=O) groups excluding carboxylic acids is 2. The predicted octanol–water partition coefficient (Wildman–Crippen LogP) is 4.61. The maximum Gasteiger partial charge on any atom is 0.414 e. The van der Waals surface area contributed by atoms with Gasteiger partial charge in [0.1, 0.15) is 5.60 Å². The van der Waals surface area contributed by atoms with E-state index in [1.165, 1.54) is 6.92 Å². The first-order valence-corrected chi connectivity index (χ1v) is 8.62. The Balaban J connectivity index is 5.58. The lowest BCUT2D eigenvalue weighted by Gasteiger charge is -2.25. The van der Waals surface area contributed by atoms with Gasteiger partial charge in [-0.25, -0.2) is 4.79 Å². The smallest absolute Gasteiger partial charge is 0.414 e. The Morgan fingerprint density at radius 2 is 1.65 bits per heavy atom. The van der Waals surface area contributed by atoms with Crippen LogP contribution in [-0.2, 0) is 14.3 Å². The molecule has 152 valence electrons. The van der Waals surface area contributed by atoms with E-state index in [-0.39, 0.29) is 18.9 Å². The van der Waals surface area contributed by atoms with E-state index in [0.29, 0.717) is 0 Å². The van der Waals surface area contributed by atoms with E-state index in [4.69, 9.17) is 9.47 Å². The Labute approximate surface area is 153 Å². The van der Waals surface area contributed by atoms with E-state index < -0.39 is 41.4 Å². The number of halogens is 3. The molecule has 0 radical (unpaired) electrons. The van der Waals surface area contributed by atoms with Gasteiger partial charge in [-0.1, -0.05) is 19.9 Å². The van der Waals surface area contributed by atoms with Crippen molar-refractivity contribution in [1.82, 2.24) is 5.32 Å². The van der Waals surface area contributed by atoms with Crippen LogP contribution in [0.1, 0.15) is 54.9 Å². The summed E-state index contributed by atoms with van der Waals surface area (Å²) >= 11 is 0. The zero-order valence-electron chi connectivity index (χ0n) is 16.5. The molecule has 0 aromatic heterocycles. The van der Waals surface area contributed by atoms with E-state index in [0.717, 1.165) is 6.08 Å². The minimum Gasteiger partial charge on any atom is -0.466 e. The summed E-state index contributed by atoms with van der Waals surface area (Å²) in [7, 11) is 0. The zero-order valence-corrected chi connectivity index (χ0v) is 16.5. The van der Waals surface area contributed by atoms with E-state index in [1.54, 1.807) is 41.5 Å².